The van der Waals surface area contributed by atoms with Gasteiger partial charge < -0.3 is 0 Å². The number of hydrogen-bond donors (Lipinski definition) is 0. The quantitative estimate of drug-likeness (QED) is 0.650. The van der Waals surface area contributed by atoms with E-state index < -0.39 is 0 Å². The monoisotopic (exact) mass is 192 g/mol. The molecule has 0 bridgehead atoms. The highest BCUT2D eigenvalue weighted by atomic mass is 35.5. The van der Waals surface area contributed by atoms with Crippen molar-refractivity contribution >= 4 is 22.5 Å². The largest absolute Gasteiger partial charge is 0.226 e. The second-order valence-corrected chi connectivity index (χ2v) is 3.22. The van der Waals surface area contributed by atoms with Crippen molar-refractivity contribution in [3.63, 3.8) is 0 Å². The average molecular weight is 193 g/mol. The van der Waals surface area contributed by atoms with E-state index in [4.69, 9.17) is 11.6 Å². The molecule has 0 aliphatic carbocycles. The number of hydrogen-bond acceptors (Lipinski definition) is 2. The van der Waals surface area contributed by atoms with Gasteiger partial charge in [-0.3, -0.25) is 0 Å². The molecule has 0 radical (unpaired) electrons. The minimum atomic E-state index is 0.303. The van der Waals surface area contributed by atoms with Crippen LogP contribution in [0, 0.1) is 0 Å². The van der Waals surface area contributed by atoms with E-state index >= 15 is 0 Å². The molecule has 0 atom stereocenters. The lowest BCUT2D eigenvalue weighted by Gasteiger charge is -1.99. The molecule has 0 saturated heterocycles. The van der Waals surface area contributed by atoms with Gasteiger partial charge in [-0.1, -0.05) is 13.0 Å². The predicted molar refractivity (Wildman–Crippen MR) is 53.9 cm³/mol. The maximum absolute atomic E-state index is 5.67. The molecule has 66 valence electrons. The third-order valence-corrected chi connectivity index (χ3v) is 2.21. The summed E-state index contributed by atoms with van der Waals surface area (Å²) >= 11 is 5.67. The Bertz CT molecular complexity index is 440. The molecule has 0 N–H and O–H groups in total. The van der Waals surface area contributed by atoms with Crippen LogP contribution >= 0.6 is 11.6 Å². The molecule has 1 aromatic carbocycles. The molecule has 2 nitrogen and oxygen atoms in total. The van der Waals surface area contributed by atoms with Crippen LogP contribution in [0.15, 0.2) is 24.4 Å². The molecule has 3 heteroatoms. The van der Waals surface area contributed by atoms with Crippen LogP contribution in [-0.2, 0) is 6.42 Å². The molecule has 0 spiro atoms. The molecule has 0 fully saturated rings. The molecule has 0 unspecified atom stereocenters. The van der Waals surface area contributed by atoms with E-state index in [-0.39, 0.29) is 0 Å². The molecule has 0 aliphatic rings. The lowest BCUT2D eigenvalue weighted by molar-refractivity contribution is 1.14. The molecular formula is C10H9ClN2. The van der Waals surface area contributed by atoms with Crippen LogP contribution in [0.1, 0.15) is 12.5 Å². The first-order valence-electron chi connectivity index (χ1n) is 4.21. The number of fused-ring (bicyclic) bond motifs is 1. The van der Waals surface area contributed by atoms with Crippen LogP contribution in [0.25, 0.3) is 10.9 Å². The lowest BCUT2D eigenvalue weighted by atomic mass is 10.1. The van der Waals surface area contributed by atoms with Crippen molar-refractivity contribution in [2.24, 2.45) is 0 Å². The van der Waals surface area contributed by atoms with Gasteiger partial charge in [0.15, 0.2) is 0 Å². The molecule has 2 aromatic rings. The summed E-state index contributed by atoms with van der Waals surface area (Å²) in [6, 6.07) is 6.12. The fourth-order valence-corrected chi connectivity index (χ4v) is 1.42. The highest BCUT2D eigenvalue weighted by Gasteiger charge is 1.97. The Balaban J connectivity index is 2.66. The van der Waals surface area contributed by atoms with Gasteiger partial charge >= 0.3 is 0 Å². The topological polar surface area (TPSA) is 25.8 Å². The lowest BCUT2D eigenvalue weighted by Crippen LogP contribution is -1.86. The predicted octanol–water partition coefficient (Wildman–Crippen LogP) is 2.85. The first-order chi connectivity index (χ1) is 6.29. The number of rotatable bonds is 1. The second kappa shape index (κ2) is 3.30. The van der Waals surface area contributed by atoms with Crippen molar-refractivity contribution in [3.05, 3.63) is 35.2 Å². The van der Waals surface area contributed by atoms with Crippen LogP contribution in [0.3, 0.4) is 0 Å². The van der Waals surface area contributed by atoms with Crippen LogP contribution in [-0.4, -0.2) is 9.97 Å². The van der Waals surface area contributed by atoms with Crippen molar-refractivity contribution in [1.82, 2.24) is 9.97 Å². The second-order valence-electron chi connectivity index (χ2n) is 2.89. The Hall–Kier alpha value is -1.15. The highest BCUT2D eigenvalue weighted by molar-refractivity contribution is 6.28. The van der Waals surface area contributed by atoms with Gasteiger partial charge in [-0.15, -0.1) is 0 Å². The Kier molecular flexibility index (Phi) is 2.15. The molecule has 13 heavy (non-hydrogen) atoms. The highest BCUT2D eigenvalue weighted by Crippen LogP contribution is 2.15. The van der Waals surface area contributed by atoms with E-state index in [2.05, 4.69) is 29.0 Å². The van der Waals surface area contributed by atoms with Crippen molar-refractivity contribution in [1.29, 1.82) is 0 Å². The number of benzene rings is 1. The molecule has 0 aliphatic heterocycles. The van der Waals surface area contributed by atoms with E-state index in [1.165, 1.54) is 5.56 Å². The molecule has 0 amide bonds. The zero-order valence-electron chi connectivity index (χ0n) is 7.29. The van der Waals surface area contributed by atoms with Gasteiger partial charge in [-0.05, 0) is 35.7 Å². The fraction of sp³-hybridized carbons (Fsp3) is 0.200. The maximum atomic E-state index is 5.67. The Morgan fingerprint density at radius 1 is 1.38 bits per heavy atom. The van der Waals surface area contributed by atoms with Gasteiger partial charge in [-0.25, -0.2) is 9.97 Å². The smallest absolute Gasteiger partial charge is 0.222 e. The Labute approximate surface area is 81.6 Å². The third kappa shape index (κ3) is 1.63. The third-order valence-electron chi connectivity index (χ3n) is 2.02. The van der Waals surface area contributed by atoms with Crippen LogP contribution in [0.5, 0.6) is 0 Å². The van der Waals surface area contributed by atoms with Gasteiger partial charge in [0.1, 0.15) is 0 Å². The van der Waals surface area contributed by atoms with E-state index in [1.807, 2.05) is 6.07 Å². The van der Waals surface area contributed by atoms with Crippen LogP contribution < -0.4 is 0 Å². The van der Waals surface area contributed by atoms with Gasteiger partial charge in [0.2, 0.25) is 5.28 Å². The number of halogens is 1. The minimum Gasteiger partial charge on any atom is -0.226 e. The summed E-state index contributed by atoms with van der Waals surface area (Å²) in [5.41, 5.74) is 2.19. The fourth-order valence-electron chi connectivity index (χ4n) is 1.28. The van der Waals surface area contributed by atoms with Crippen molar-refractivity contribution < 1.29 is 0 Å². The Morgan fingerprint density at radius 3 is 3.00 bits per heavy atom. The van der Waals surface area contributed by atoms with Gasteiger partial charge in [-0.2, -0.15) is 0 Å². The maximum Gasteiger partial charge on any atom is 0.222 e. The van der Waals surface area contributed by atoms with E-state index in [0.29, 0.717) is 5.28 Å². The zero-order chi connectivity index (χ0) is 9.26. The first-order valence-corrected chi connectivity index (χ1v) is 4.58. The molecule has 1 aromatic heterocycles. The van der Waals surface area contributed by atoms with Gasteiger partial charge in [0.05, 0.1) is 5.52 Å². The first kappa shape index (κ1) is 8.45. The molecular weight excluding hydrogens is 184 g/mol. The van der Waals surface area contributed by atoms with E-state index in [1.54, 1.807) is 6.20 Å². The van der Waals surface area contributed by atoms with Gasteiger partial charge in [0.25, 0.3) is 0 Å². The van der Waals surface area contributed by atoms with Crippen LogP contribution in [0.4, 0.5) is 0 Å². The summed E-state index contributed by atoms with van der Waals surface area (Å²) in [5, 5.41) is 1.35. The summed E-state index contributed by atoms with van der Waals surface area (Å²) < 4.78 is 0. The summed E-state index contributed by atoms with van der Waals surface area (Å²) in [5.74, 6) is 0. The normalized spacial score (nSPS) is 10.6. The van der Waals surface area contributed by atoms with Gasteiger partial charge in [0, 0.05) is 11.6 Å². The zero-order valence-corrected chi connectivity index (χ0v) is 8.04. The summed E-state index contributed by atoms with van der Waals surface area (Å²) in [4.78, 5) is 8.04. The van der Waals surface area contributed by atoms with Crippen molar-refractivity contribution in [2.75, 3.05) is 0 Å². The molecule has 0 saturated carbocycles. The molecule has 2 rings (SSSR count). The van der Waals surface area contributed by atoms with Crippen molar-refractivity contribution in [2.45, 2.75) is 13.3 Å². The standard InChI is InChI=1S/C10H9ClN2/c1-2-7-3-4-9-8(5-7)6-12-10(11)13-9/h3-6H,2H2,1H3. The molecule has 1 heterocycles. The Morgan fingerprint density at radius 2 is 2.23 bits per heavy atom. The number of aryl methyl sites for hydroxylation is 1. The average Bonchev–Trinajstić information content (AvgIpc) is 2.17. The summed E-state index contributed by atoms with van der Waals surface area (Å²) in [6.07, 6.45) is 2.78. The van der Waals surface area contributed by atoms with E-state index in [9.17, 15) is 0 Å². The minimum absolute atomic E-state index is 0.303. The SMILES string of the molecule is CCc1ccc2nc(Cl)ncc2c1. The van der Waals surface area contributed by atoms with Crippen LogP contribution in [0.2, 0.25) is 5.28 Å². The van der Waals surface area contributed by atoms with Crippen molar-refractivity contribution in [3.8, 4) is 0 Å². The van der Waals surface area contributed by atoms with E-state index in [0.717, 1.165) is 17.3 Å². The summed E-state index contributed by atoms with van der Waals surface area (Å²) in [7, 11) is 0. The summed E-state index contributed by atoms with van der Waals surface area (Å²) in [6.45, 7) is 2.12. The number of aromatic nitrogens is 2. The number of nitrogens with zero attached hydrogens (tertiary/aromatic N) is 2.